The Balaban J connectivity index is 1.23. The van der Waals surface area contributed by atoms with Crippen LogP contribution in [0.25, 0.3) is 99.8 Å². The van der Waals surface area contributed by atoms with Gasteiger partial charge in [0.1, 0.15) is 22.3 Å². The topological polar surface area (TPSA) is 65.0 Å². The van der Waals surface area contributed by atoms with Gasteiger partial charge in [0.15, 0.2) is 5.82 Å². The van der Waals surface area contributed by atoms with Crippen LogP contribution < -0.4 is 0 Å². The first kappa shape index (κ1) is 26.6. The fraction of sp³-hybridized carbons (Fsp3) is 0. The molecule has 0 N–H and O–H groups in total. The van der Waals surface area contributed by atoms with Crippen LogP contribution >= 0.6 is 0 Å². The van der Waals surface area contributed by atoms with E-state index in [1.807, 2.05) is 66.9 Å². The third kappa shape index (κ3) is 4.15. The van der Waals surface area contributed by atoms with E-state index in [1.165, 1.54) is 0 Å². The van der Waals surface area contributed by atoms with Crippen LogP contribution in [0, 0.1) is 0 Å². The van der Waals surface area contributed by atoms with Gasteiger partial charge < -0.3 is 8.83 Å². The predicted molar refractivity (Wildman–Crippen MR) is 194 cm³/mol. The molecule has 48 heavy (non-hydrogen) atoms. The minimum absolute atomic E-state index is 0.603. The zero-order valence-electron chi connectivity index (χ0n) is 25.6. The number of benzene rings is 6. The average Bonchev–Trinajstić information content (AvgIpc) is 3.73. The second-order valence-electron chi connectivity index (χ2n) is 12.0. The van der Waals surface area contributed by atoms with E-state index < -0.39 is 0 Å². The van der Waals surface area contributed by atoms with Crippen LogP contribution in [-0.2, 0) is 0 Å². The lowest BCUT2D eigenvalue weighted by atomic mass is 10.0. The fourth-order valence-corrected chi connectivity index (χ4v) is 6.91. The molecule has 0 amide bonds. The highest BCUT2D eigenvalue weighted by atomic mass is 16.3. The van der Waals surface area contributed by atoms with Crippen LogP contribution in [0.5, 0.6) is 0 Å². The van der Waals surface area contributed by atoms with Gasteiger partial charge in [-0.25, -0.2) is 9.97 Å². The predicted octanol–water partition coefficient (Wildman–Crippen LogP) is 11.5. The van der Waals surface area contributed by atoms with Gasteiger partial charge in [0.05, 0.1) is 17.1 Å². The number of aromatic nitrogens is 3. The molecule has 0 fully saturated rings. The molecule has 0 saturated heterocycles. The minimum Gasteiger partial charge on any atom is -0.455 e. The number of fused-ring (bicyclic) bond motifs is 7. The van der Waals surface area contributed by atoms with Crippen molar-refractivity contribution in [2.45, 2.75) is 0 Å². The molecule has 0 saturated carbocycles. The second-order valence-corrected chi connectivity index (χ2v) is 12.0. The molecular weight excluding hydrogens is 590 g/mol. The summed E-state index contributed by atoms with van der Waals surface area (Å²) in [7, 11) is 0. The molecular formula is C43H25N3O2. The maximum absolute atomic E-state index is 6.47. The molecule has 10 aromatic rings. The Kier molecular flexibility index (Phi) is 5.81. The summed E-state index contributed by atoms with van der Waals surface area (Å²) < 4.78 is 12.9. The highest BCUT2D eigenvalue weighted by Crippen LogP contribution is 2.40. The number of nitrogens with zero attached hydrogens (tertiary/aromatic N) is 3. The average molecular weight is 616 g/mol. The van der Waals surface area contributed by atoms with Crippen molar-refractivity contribution in [1.29, 1.82) is 0 Å². The van der Waals surface area contributed by atoms with Gasteiger partial charge in [-0.05, 0) is 47.9 Å². The summed E-state index contributed by atoms with van der Waals surface area (Å²) in [5, 5.41) is 6.49. The molecule has 6 aromatic carbocycles. The van der Waals surface area contributed by atoms with E-state index in [4.69, 9.17) is 23.8 Å². The van der Waals surface area contributed by atoms with E-state index in [9.17, 15) is 0 Å². The van der Waals surface area contributed by atoms with Gasteiger partial charge in [-0.15, -0.1) is 0 Å². The molecule has 5 nitrogen and oxygen atoms in total. The van der Waals surface area contributed by atoms with Gasteiger partial charge in [-0.1, -0.05) is 103 Å². The molecule has 5 heteroatoms. The van der Waals surface area contributed by atoms with Crippen LogP contribution in [0.4, 0.5) is 0 Å². The van der Waals surface area contributed by atoms with Crippen molar-refractivity contribution in [3.05, 3.63) is 152 Å². The first-order valence-corrected chi connectivity index (χ1v) is 15.9. The Hall–Kier alpha value is -6.59. The van der Waals surface area contributed by atoms with Crippen molar-refractivity contribution in [1.82, 2.24) is 15.0 Å². The number of hydrogen-bond donors (Lipinski definition) is 0. The van der Waals surface area contributed by atoms with E-state index in [-0.39, 0.29) is 0 Å². The lowest BCUT2D eigenvalue weighted by molar-refractivity contribution is 0.669. The number of para-hydroxylation sites is 4. The molecule has 0 unspecified atom stereocenters. The molecule has 0 aliphatic carbocycles. The third-order valence-electron chi connectivity index (χ3n) is 9.15. The number of rotatable bonds is 4. The molecule has 0 aliphatic rings. The van der Waals surface area contributed by atoms with Gasteiger partial charge in [0.2, 0.25) is 0 Å². The van der Waals surface area contributed by atoms with Gasteiger partial charge >= 0.3 is 0 Å². The minimum atomic E-state index is 0.603. The number of pyridine rings is 1. The van der Waals surface area contributed by atoms with Crippen LogP contribution in [0.15, 0.2) is 161 Å². The SMILES string of the molecule is c1cc(-c2nc(-c3cccc4c3oc3ccccc34)cc(-c3cccc4c3oc3ccccc34)n2)cc(-c2nccc3ccccc23)c1. The van der Waals surface area contributed by atoms with Crippen molar-refractivity contribution in [3.63, 3.8) is 0 Å². The monoisotopic (exact) mass is 615 g/mol. The standard InChI is InChI=1S/C43H25N3O2/c1-2-13-29-26(10-1)22-23-44-40(29)27-11-7-12-28(24-27)43-45-36(34-18-8-16-32-30-14-3-5-20-38(30)47-41(32)34)25-37(46-43)35-19-9-17-33-31-15-4-6-21-39(31)48-42(33)35/h1-25H. The van der Waals surface area contributed by atoms with Gasteiger partial charge in [0, 0.05) is 55.4 Å². The molecule has 0 bridgehead atoms. The lowest BCUT2D eigenvalue weighted by Gasteiger charge is -2.11. The van der Waals surface area contributed by atoms with Crippen molar-refractivity contribution in [2.75, 3.05) is 0 Å². The maximum Gasteiger partial charge on any atom is 0.160 e. The van der Waals surface area contributed by atoms with Crippen LogP contribution in [0.1, 0.15) is 0 Å². The Bertz CT molecular complexity index is 2730. The van der Waals surface area contributed by atoms with Crippen LogP contribution in [-0.4, -0.2) is 15.0 Å². The molecule has 224 valence electrons. The molecule has 4 heterocycles. The van der Waals surface area contributed by atoms with Crippen molar-refractivity contribution < 1.29 is 8.83 Å². The molecule has 0 atom stereocenters. The van der Waals surface area contributed by atoms with Crippen LogP contribution in [0.3, 0.4) is 0 Å². The Labute approximate surface area is 274 Å². The third-order valence-corrected chi connectivity index (χ3v) is 9.15. The summed E-state index contributed by atoms with van der Waals surface area (Å²) in [6.45, 7) is 0. The lowest BCUT2D eigenvalue weighted by Crippen LogP contribution is -1.97. The number of furan rings is 2. The van der Waals surface area contributed by atoms with Crippen molar-refractivity contribution >= 4 is 54.6 Å². The largest absolute Gasteiger partial charge is 0.455 e. The van der Waals surface area contributed by atoms with E-state index in [0.29, 0.717) is 5.82 Å². The van der Waals surface area contributed by atoms with E-state index in [1.54, 1.807) is 0 Å². The van der Waals surface area contributed by atoms with Crippen molar-refractivity contribution in [3.8, 4) is 45.2 Å². The Morgan fingerprint density at radius 1 is 0.417 bits per heavy atom. The van der Waals surface area contributed by atoms with Crippen LogP contribution in [0.2, 0.25) is 0 Å². The molecule has 4 aromatic heterocycles. The van der Waals surface area contributed by atoms with E-state index in [0.717, 1.165) is 94.0 Å². The highest BCUT2D eigenvalue weighted by molar-refractivity contribution is 6.11. The summed E-state index contributed by atoms with van der Waals surface area (Å²) in [4.78, 5) is 15.2. The first-order chi connectivity index (χ1) is 23.8. The first-order valence-electron chi connectivity index (χ1n) is 15.9. The molecule has 0 aliphatic heterocycles. The van der Waals surface area contributed by atoms with E-state index in [2.05, 4.69) is 84.9 Å². The number of hydrogen-bond acceptors (Lipinski definition) is 5. The zero-order chi connectivity index (χ0) is 31.6. The second kappa shape index (κ2) is 10.5. The zero-order valence-corrected chi connectivity index (χ0v) is 25.6. The molecule has 0 spiro atoms. The summed E-state index contributed by atoms with van der Waals surface area (Å²) in [6, 6.07) is 49.5. The quantitative estimate of drug-likeness (QED) is 0.197. The van der Waals surface area contributed by atoms with Gasteiger partial charge in [-0.2, -0.15) is 0 Å². The maximum atomic E-state index is 6.47. The smallest absolute Gasteiger partial charge is 0.160 e. The molecule has 0 radical (unpaired) electrons. The summed E-state index contributed by atoms with van der Waals surface area (Å²) in [5.41, 5.74) is 9.42. The molecule has 10 rings (SSSR count). The summed E-state index contributed by atoms with van der Waals surface area (Å²) in [5.74, 6) is 0.603. The van der Waals surface area contributed by atoms with Gasteiger partial charge in [-0.3, -0.25) is 4.98 Å². The fourth-order valence-electron chi connectivity index (χ4n) is 6.91. The highest BCUT2D eigenvalue weighted by Gasteiger charge is 2.19. The summed E-state index contributed by atoms with van der Waals surface area (Å²) >= 11 is 0. The van der Waals surface area contributed by atoms with Crippen molar-refractivity contribution in [2.24, 2.45) is 0 Å². The van der Waals surface area contributed by atoms with Gasteiger partial charge in [0.25, 0.3) is 0 Å². The summed E-state index contributed by atoms with van der Waals surface area (Å²) in [6.07, 6.45) is 1.86. The van der Waals surface area contributed by atoms with E-state index >= 15 is 0 Å². The normalized spacial score (nSPS) is 11.8. The Morgan fingerprint density at radius 3 is 1.62 bits per heavy atom. The Morgan fingerprint density at radius 2 is 0.958 bits per heavy atom.